The number of anilines is 2. The number of hydrogen-bond donors (Lipinski definition) is 0. The topological polar surface area (TPSA) is 110 Å². The van der Waals surface area contributed by atoms with Gasteiger partial charge in [0.25, 0.3) is 0 Å². The normalized spacial score (nSPS) is 42.1. The molecule has 9 aliphatic heterocycles. The van der Waals surface area contributed by atoms with Gasteiger partial charge in [-0.2, -0.15) is 0 Å². The fraction of sp³-hybridized carbons (Fsp3) is 0.596. The second-order valence-electron chi connectivity index (χ2n) is 18.8. The third kappa shape index (κ3) is 3.86. The predicted octanol–water partition coefficient (Wildman–Crippen LogP) is 5.20. The molecule has 0 radical (unpaired) electrons. The van der Waals surface area contributed by atoms with Gasteiger partial charge < -0.3 is 33.5 Å². The van der Waals surface area contributed by atoms with Crippen LogP contribution in [0.25, 0.3) is 11.1 Å². The van der Waals surface area contributed by atoms with Crippen LogP contribution < -0.4 is 19.3 Å². The maximum absolute atomic E-state index is 14.6. The van der Waals surface area contributed by atoms with Crippen LogP contribution in [0.4, 0.5) is 11.4 Å². The number of fused-ring (bicyclic) bond motifs is 5. The van der Waals surface area contributed by atoms with Crippen LogP contribution in [0, 0.1) is 23.2 Å². The molecule has 9 bridgehead atoms. The van der Waals surface area contributed by atoms with E-state index in [1.165, 1.54) is 32.3 Å². The van der Waals surface area contributed by atoms with Gasteiger partial charge in [0.2, 0.25) is 0 Å². The van der Waals surface area contributed by atoms with Crippen molar-refractivity contribution < 1.29 is 38.1 Å². The molecule has 12 heteroatoms. The molecule has 2 spiro atoms. The highest BCUT2D eigenvalue weighted by molar-refractivity contribution is 5.90. The molecule has 12 nitrogen and oxygen atoms in total. The lowest BCUT2D eigenvalue weighted by Crippen LogP contribution is -2.71. The van der Waals surface area contributed by atoms with Gasteiger partial charge in [0.05, 0.1) is 45.8 Å². The molecule has 59 heavy (non-hydrogen) atoms. The number of piperidine rings is 4. The van der Waals surface area contributed by atoms with Crippen molar-refractivity contribution in [1.82, 2.24) is 9.80 Å². The zero-order valence-corrected chi connectivity index (χ0v) is 35.7. The summed E-state index contributed by atoms with van der Waals surface area (Å²) in [4.78, 5) is 52.0. The Labute approximate surface area is 346 Å². The lowest BCUT2D eigenvalue weighted by Gasteiger charge is -2.61. The van der Waals surface area contributed by atoms with Crippen LogP contribution in [0.1, 0.15) is 64.0 Å². The minimum Gasteiger partial charge on any atom is -0.496 e. The Balaban J connectivity index is 1.13. The highest BCUT2D eigenvalue weighted by Gasteiger charge is 2.84. The summed E-state index contributed by atoms with van der Waals surface area (Å²) in [5.74, 6) is 0.253. The van der Waals surface area contributed by atoms with Crippen LogP contribution in [-0.2, 0) is 39.4 Å². The Bertz CT molecular complexity index is 2330. The Morgan fingerprint density at radius 2 is 1.58 bits per heavy atom. The Morgan fingerprint density at radius 3 is 2.25 bits per heavy atom. The van der Waals surface area contributed by atoms with Crippen LogP contribution in [0.2, 0.25) is 0 Å². The van der Waals surface area contributed by atoms with Gasteiger partial charge in [0.1, 0.15) is 28.7 Å². The van der Waals surface area contributed by atoms with Gasteiger partial charge in [0.15, 0.2) is 0 Å². The predicted molar refractivity (Wildman–Crippen MR) is 221 cm³/mol. The number of carbonyl (C=O) groups is 3. The number of allylic oxidation sites excluding steroid dienone is 2. The monoisotopic (exact) mass is 804 g/mol. The molecule has 13 atom stereocenters. The van der Waals surface area contributed by atoms with Crippen molar-refractivity contribution in [3.05, 3.63) is 58.7 Å². The molecule has 11 aliphatic rings. The minimum atomic E-state index is -1.05. The van der Waals surface area contributed by atoms with Gasteiger partial charge in [-0.25, -0.2) is 0 Å². The largest absolute Gasteiger partial charge is 0.496 e. The van der Waals surface area contributed by atoms with Crippen molar-refractivity contribution >= 4 is 29.3 Å². The van der Waals surface area contributed by atoms with Crippen molar-refractivity contribution in [2.75, 3.05) is 72.0 Å². The average molecular weight is 805 g/mol. The number of likely N-dealkylation sites (N-methyl/N-ethyl adjacent to an activating group) is 2. The van der Waals surface area contributed by atoms with E-state index in [0.717, 1.165) is 78.9 Å². The van der Waals surface area contributed by atoms with Gasteiger partial charge in [-0.1, -0.05) is 23.3 Å². The molecule has 2 aliphatic carbocycles. The molecule has 0 aromatic heterocycles. The van der Waals surface area contributed by atoms with Gasteiger partial charge >= 0.3 is 17.9 Å². The first-order valence-electron chi connectivity index (χ1n) is 21.5. The fourth-order valence-corrected chi connectivity index (χ4v) is 16.1. The minimum absolute atomic E-state index is 0.0523. The van der Waals surface area contributed by atoms with Gasteiger partial charge in [-0.3, -0.25) is 24.2 Å². The number of nitrogens with zero attached hydrogens (tertiary/aromatic N) is 4. The van der Waals surface area contributed by atoms with E-state index in [9.17, 15) is 14.4 Å². The first-order chi connectivity index (χ1) is 28.4. The number of methoxy groups -OCH3 is 4. The molecular weight excluding hydrogens is 749 g/mol. The van der Waals surface area contributed by atoms with E-state index in [0.29, 0.717) is 17.9 Å². The number of hydrogen-bond acceptors (Lipinski definition) is 12. The first-order valence-corrected chi connectivity index (χ1v) is 21.5. The third-order valence-electron chi connectivity index (χ3n) is 17.8. The van der Waals surface area contributed by atoms with Crippen LogP contribution in [0.15, 0.2) is 47.6 Å². The average Bonchev–Trinajstić information content (AvgIpc) is 3.79. The van der Waals surface area contributed by atoms with Crippen molar-refractivity contribution in [2.24, 2.45) is 23.2 Å². The lowest BCUT2D eigenvalue weighted by molar-refractivity contribution is -0.187. The van der Waals surface area contributed by atoms with Crippen LogP contribution in [-0.4, -0.2) is 120 Å². The summed E-state index contributed by atoms with van der Waals surface area (Å²) < 4.78 is 30.7. The molecule has 9 fully saturated rings. The lowest BCUT2D eigenvalue weighted by atomic mass is 9.54. The Kier molecular flexibility index (Phi) is 7.65. The van der Waals surface area contributed by atoms with Crippen molar-refractivity contribution in [3.63, 3.8) is 0 Å². The molecule has 0 N–H and O–H groups in total. The van der Waals surface area contributed by atoms with E-state index in [4.69, 9.17) is 23.7 Å². The van der Waals surface area contributed by atoms with Crippen molar-refractivity contribution in [1.29, 1.82) is 0 Å². The number of carbonyl (C=O) groups excluding carboxylic acids is 3. The summed E-state index contributed by atoms with van der Waals surface area (Å²) in [6, 6.07) is 8.79. The van der Waals surface area contributed by atoms with Crippen LogP contribution in [0.5, 0.6) is 11.5 Å². The van der Waals surface area contributed by atoms with Gasteiger partial charge in [-0.15, -0.1) is 0 Å². The van der Waals surface area contributed by atoms with Gasteiger partial charge in [0, 0.05) is 92.6 Å². The standard InChI is InChI=1S/C47H56N4O8/c1-10-25-22-50-15-14-45-32-19-36(55-6)29(17-34(32)49(5)46(45,50)13-12-27(25)39(45)41(53)57-8)28-16-31-33(20-37(28)56-7)48(4)40-35-18-30-26(11-2)23-51(35)38-21-44(31,40)42(59-24(3)52)47(30,38)43(54)58-9/h10-11,16-17,19-20,27,30,35,38-40,42H,12-15,18,21-23H2,1-9H3. The molecule has 9 heterocycles. The Morgan fingerprint density at radius 1 is 0.847 bits per heavy atom. The summed E-state index contributed by atoms with van der Waals surface area (Å²) in [5.41, 5.74) is 5.98. The highest BCUT2D eigenvalue weighted by Crippen LogP contribution is 2.75. The first kappa shape index (κ1) is 37.4. The quantitative estimate of drug-likeness (QED) is 0.218. The van der Waals surface area contributed by atoms with Gasteiger partial charge in [-0.05, 0) is 81.2 Å². The number of rotatable bonds is 6. The molecular formula is C47H56N4O8. The smallest absolute Gasteiger partial charge is 0.317 e. The van der Waals surface area contributed by atoms with Crippen molar-refractivity contribution in [2.45, 2.75) is 93.6 Å². The molecule has 2 aromatic carbocycles. The van der Waals surface area contributed by atoms with Crippen molar-refractivity contribution in [3.8, 4) is 22.6 Å². The second-order valence-corrected chi connectivity index (χ2v) is 18.8. The number of esters is 3. The molecule has 13 unspecified atom stereocenters. The van der Waals surface area contributed by atoms with E-state index < -0.39 is 34.0 Å². The SMILES string of the molecule is CC=C1CN2CCC34c5cc(OC)c(-c6cc7c(cc6OC)N(C)C6C8CC9C(=CC)CN8C8CC76C(OC(C)=O)C98C(=O)OC)cc5N(C)C23CCC1C4C(=O)OC. The molecule has 13 rings (SSSR count). The number of ether oxygens (including phenoxy) is 5. The molecule has 2 saturated carbocycles. The maximum Gasteiger partial charge on any atom is 0.317 e. The van der Waals surface area contributed by atoms with Crippen LogP contribution in [0.3, 0.4) is 0 Å². The molecule has 7 saturated heterocycles. The van der Waals surface area contributed by atoms with E-state index >= 15 is 0 Å². The Hall–Kier alpha value is -4.55. The summed E-state index contributed by atoms with van der Waals surface area (Å²) in [5, 5.41) is 0. The van der Waals surface area contributed by atoms with E-state index in [-0.39, 0.29) is 47.8 Å². The zero-order valence-electron chi connectivity index (χ0n) is 35.7. The number of benzene rings is 2. The summed E-state index contributed by atoms with van der Waals surface area (Å²) in [6.07, 6.45) is 7.80. The van der Waals surface area contributed by atoms with E-state index in [1.807, 2.05) is 0 Å². The van der Waals surface area contributed by atoms with E-state index in [1.54, 1.807) is 14.2 Å². The molecule has 312 valence electrons. The second kappa shape index (κ2) is 12.1. The molecule has 0 amide bonds. The summed E-state index contributed by atoms with van der Waals surface area (Å²) >= 11 is 0. The zero-order chi connectivity index (χ0) is 41.3. The van der Waals surface area contributed by atoms with E-state index in [2.05, 4.69) is 84.0 Å². The summed E-state index contributed by atoms with van der Waals surface area (Å²) in [7, 11) is 10.8. The maximum atomic E-state index is 14.6. The summed E-state index contributed by atoms with van der Waals surface area (Å²) in [6.45, 7) is 8.14. The van der Waals surface area contributed by atoms with Crippen LogP contribution >= 0.6 is 0 Å². The third-order valence-corrected chi connectivity index (χ3v) is 17.8. The molecule has 2 aromatic rings. The highest BCUT2D eigenvalue weighted by atomic mass is 16.6. The fourth-order valence-electron chi connectivity index (χ4n) is 16.1.